The van der Waals surface area contributed by atoms with Crippen molar-refractivity contribution in [3.05, 3.63) is 82.6 Å². The Labute approximate surface area is 254 Å². The molecule has 1 aromatic heterocycles. The van der Waals surface area contributed by atoms with Gasteiger partial charge in [-0.3, -0.25) is 9.68 Å². The molecule has 1 aromatic carbocycles. The highest BCUT2D eigenvalue weighted by molar-refractivity contribution is 14.1. The number of imidazole rings is 1. The number of carbonyl (C=O) groups excluding carboxylic acids is 3. The van der Waals surface area contributed by atoms with Crippen molar-refractivity contribution >= 4 is 40.4 Å². The normalized spacial score (nSPS) is 20.0. The van der Waals surface area contributed by atoms with Crippen LogP contribution in [0.1, 0.15) is 26.8 Å². The van der Waals surface area contributed by atoms with Gasteiger partial charge < -0.3 is 14.4 Å². The van der Waals surface area contributed by atoms with E-state index in [0.29, 0.717) is 17.9 Å². The SMILES string of the molecule is C.C=CCOOC(=O)C(C)C1C(=O)N2C(C(=O)OCC=C)=C(COc3cccc(Cn4cc[n+](C)c4)c3I)C(C)C12. The topological polar surface area (TPSA) is 100 Å². The fourth-order valence-corrected chi connectivity index (χ4v) is 5.83. The van der Waals surface area contributed by atoms with Crippen molar-refractivity contribution in [3.8, 4) is 5.75 Å². The summed E-state index contributed by atoms with van der Waals surface area (Å²) < 4.78 is 16.6. The monoisotopic (exact) mass is 678 g/mol. The molecule has 41 heavy (non-hydrogen) atoms. The molecule has 1 fully saturated rings. The van der Waals surface area contributed by atoms with Gasteiger partial charge in [0.1, 0.15) is 50.2 Å². The smallest absolute Gasteiger partial charge is 0.355 e. The number of nitrogens with zero attached hydrogens (tertiary/aromatic N) is 3. The Morgan fingerprint density at radius 1 is 1.22 bits per heavy atom. The lowest BCUT2D eigenvalue weighted by Gasteiger charge is -2.47. The van der Waals surface area contributed by atoms with Crippen LogP contribution in [0, 0.1) is 21.3 Å². The van der Waals surface area contributed by atoms with Crippen LogP contribution in [0.2, 0.25) is 0 Å². The standard InChI is InChI=1S/C29H33IN3O7.CH4/c1-6-13-37-29(36)26-21(16-38-22-10-8-9-20(24(22)30)15-32-12-11-31(5)17-32)18(3)25-23(27(34)33(25)26)19(4)28(35)40-39-14-7-2;/h6-12,17-19,23,25H,1-2,13-16H2,3-5H3;1H4/q+1;. The molecule has 0 aliphatic carbocycles. The number of esters is 1. The molecule has 0 spiro atoms. The third-order valence-electron chi connectivity index (χ3n) is 7.16. The Kier molecular flexibility index (Phi) is 10.9. The molecule has 11 heteroatoms. The molecule has 0 bridgehead atoms. The third-order valence-corrected chi connectivity index (χ3v) is 8.39. The predicted molar refractivity (Wildman–Crippen MR) is 159 cm³/mol. The fraction of sp³-hybridized carbons (Fsp3) is 0.400. The Balaban J connectivity index is 0.00000462. The number of ether oxygens (including phenoxy) is 2. The van der Waals surface area contributed by atoms with Gasteiger partial charge >= 0.3 is 11.9 Å². The summed E-state index contributed by atoms with van der Waals surface area (Å²) in [6.45, 7) is 11.4. The summed E-state index contributed by atoms with van der Waals surface area (Å²) in [5.74, 6) is -2.69. The van der Waals surface area contributed by atoms with Crippen molar-refractivity contribution in [2.75, 3.05) is 19.8 Å². The van der Waals surface area contributed by atoms with Crippen LogP contribution in [-0.2, 0) is 42.5 Å². The van der Waals surface area contributed by atoms with E-state index in [1.807, 2.05) is 55.5 Å². The maximum absolute atomic E-state index is 13.3. The van der Waals surface area contributed by atoms with Gasteiger partial charge in [0.25, 0.3) is 0 Å². The van der Waals surface area contributed by atoms with Gasteiger partial charge in [-0.1, -0.05) is 52.1 Å². The van der Waals surface area contributed by atoms with Crippen LogP contribution in [0.5, 0.6) is 5.75 Å². The third kappa shape index (κ3) is 6.56. The molecular weight excluding hydrogens is 641 g/mol. The number of rotatable bonds is 13. The van der Waals surface area contributed by atoms with E-state index in [2.05, 4.69) is 40.3 Å². The molecule has 2 aliphatic heterocycles. The van der Waals surface area contributed by atoms with E-state index in [9.17, 15) is 14.4 Å². The number of β-lactam (4-membered cyclic amide) rings is 1. The largest absolute Gasteiger partial charge is 0.488 e. The number of carbonyl (C=O) groups is 3. The van der Waals surface area contributed by atoms with Crippen molar-refractivity contribution in [1.29, 1.82) is 0 Å². The highest BCUT2D eigenvalue weighted by atomic mass is 127. The Morgan fingerprint density at radius 2 is 1.95 bits per heavy atom. The number of amides is 1. The highest BCUT2D eigenvalue weighted by Crippen LogP contribution is 2.49. The molecule has 0 N–H and O–H groups in total. The van der Waals surface area contributed by atoms with Crippen molar-refractivity contribution in [2.24, 2.45) is 24.8 Å². The first kappa shape index (κ1) is 32.1. The van der Waals surface area contributed by atoms with Gasteiger partial charge in [-0.2, -0.15) is 4.89 Å². The molecule has 0 radical (unpaired) electrons. The number of aryl methyl sites for hydroxylation is 1. The summed E-state index contributed by atoms with van der Waals surface area (Å²) in [4.78, 5) is 50.0. The minimum atomic E-state index is -0.778. The van der Waals surface area contributed by atoms with Gasteiger partial charge in [0.2, 0.25) is 12.2 Å². The number of aromatic nitrogens is 2. The molecule has 10 nitrogen and oxygen atoms in total. The second-order valence-corrected chi connectivity index (χ2v) is 10.9. The maximum atomic E-state index is 13.3. The summed E-state index contributed by atoms with van der Waals surface area (Å²) in [5, 5.41) is 0. The van der Waals surface area contributed by atoms with Gasteiger partial charge in [0.05, 0.1) is 28.5 Å². The average Bonchev–Trinajstić information content (AvgIpc) is 3.45. The van der Waals surface area contributed by atoms with Crippen LogP contribution in [0.3, 0.4) is 0 Å². The van der Waals surface area contributed by atoms with Crippen LogP contribution in [0.25, 0.3) is 0 Å². The zero-order valence-electron chi connectivity index (χ0n) is 22.7. The van der Waals surface area contributed by atoms with Gasteiger partial charge in [-0.15, -0.1) is 6.58 Å². The number of fused-ring (bicyclic) bond motifs is 1. The molecule has 4 rings (SSSR count). The van der Waals surface area contributed by atoms with Crippen LogP contribution in [-0.4, -0.2) is 53.2 Å². The van der Waals surface area contributed by atoms with E-state index in [0.717, 1.165) is 9.13 Å². The van der Waals surface area contributed by atoms with E-state index < -0.39 is 29.8 Å². The predicted octanol–water partition coefficient (Wildman–Crippen LogP) is 3.74. The first-order chi connectivity index (χ1) is 19.2. The van der Waals surface area contributed by atoms with Crippen LogP contribution >= 0.6 is 22.6 Å². The molecule has 1 saturated heterocycles. The number of hydrogen-bond donors (Lipinski definition) is 0. The zero-order valence-corrected chi connectivity index (χ0v) is 24.9. The summed E-state index contributed by atoms with van der Waals surface area (Å²) >= 11 is 2.26. The molecule has 220 valence electrons. The van der Waals surface area contributed by atoms with Gasteiger partial charge in [-0.05, 0) is 28.7 Å². The van der Waals surface area contributed by atoms with Crippen molar-refractivity contribution < 1.29 is 38.2 Å². The lowest BCUT2D eigenvalue weighted by molar-refractivity contribution is -0.671. The second-order valence-electron chi connectivity index (χ2n) is 9.81. The number of hydrogen-bond acceptors (Lipinski definition) is 7. The molecule has 0 saturated carbocycles. The van der Waals surface area contributed by atoms with Gasteiger partial charge in [0, 0.05) is 17.1 Å². The van der Waals surface area contributed by atoms with E-state index >= 15 is 0 Å². The summed E-state index contributed by atoms with van der Waals surface area (Å²) in [7, 11) is 1.97. The highest BCUT2D eigenvalue weighted by Gasteiger charge is 2.61. The van der Waals surface area contributed by atoms with Crippen molar-refractivity contribution in [3.63, 3.8) is 0 Å². The minimum Gasteiger partial charge on any atom is -0.488 e. The van der Waals surface area contributed by atoms with Crippen LogP contribution in [0.4, 0.5) is 0 Å². The van der Waals surface area contributed by atoms with Crippen molar-refractivity contribution in [2.45, 2.75) is 33.9 Å². The molecule has 1 amide bonds. The van der Waals surface area contributed by atoms with E-state index in [-0.39, 0.29) is 44.8 Å². The fourth-order valence-electron chi connectivity index (χ4n) is 5.14. The second kappa shape index (κ2) is 13.9. The van der Waals surface area contributed by atoms with Gasteiger partial charge in [0.15, 0.2) is 0 Å². The van der Waals surface area contributed by atoms with Crippen LogP contribution in [0.15, 0.2) is 73.5 Å². The molecular formula is C30H37IN3O7+. The quantitative estimate of drug-likeness (QED) is 0.0466. The van der Waals surface area contributed by atoms with E-state index in [1.54, 1.807) is 6.92 Å². The maximum Gasteiger partial charge on any atom is 0.355 e. The first-order valence-electron chi connectivity index (χ1n) is 12.9. The Hall–Kier alpha value is -3.45. The molecule has 2 aliphatic rings. The lowest BCUT2D eigenvalue weighted by atomic mass is 9.74. The summed E-state index contributed by atoms with van der Waals surface area (Å²) in [6.07, 6.45) is 8.87. The van der Waals surface area contributed by atoms with Crippen LogP contribution < -0.4 is 9.30 Å². The van der Waals surface area contributed by atoms with E-state index in [1.165, 1.54) is 17.1 Å². The summed E-state index contributed by atoms with van der Waals surface area (Å²) in [5.41, 5.74) is 1.88. The van der Waals surface area contributed by atoms with E-state index in [4.69, 9.17) is 19.2 Å². The molecule has 4 atom stereocenters. The minimum absolute atomic E-state index is 0. The lowest BCUT2D eigenvalue weighted by Crippen LogP contribution is -2.63. The molecule has 3 heterocycles. The summed E-state index contributed by atoms with van der Waals surface area (Å²) in [6, 6.07) is 5.43. The molecule has 2 aromatic rings. The number of benzene rings is 1. The van der Waals surface area contributed by atoms with Crippen molar-refractivity contribution in [1.82, 2.24) is 9.47 Å². The average molecular weight is 679 g/mol. The Morgan fingerprint density at radius 3 is 2.61 bits per heavy atom. The first-order valence-corrected chi connectivity index (χ1v) is 14.0. The number of halogens is 1. The van der Waals surface area contributed by atoms with Gasteiger partial charge in [-0.25, -0.2) is 18.7 Å². The molecule has 4 unspecified atom stereocenters. The Bertz CT molecular complexity index is 1350. The zero-order chi connectivity index (χ0) is 29.0.